The lowest BCUT2D eigenvalue weighted by molar-refractivity contribution is 0.0747. The average molecular weight is 435 g/mol. The van der Waals surface area contributed by atoms with Gasteiger partial charge in [-0.05, 0) is 24.6 Å². The van der Waals surface area contributed by atoms with Gasteiger partial charge in [0.25, 0.3) is 0 Å². The first-order valence-electron chi connectivity index (χ1n) is 10.6. The van der Waals surface area contributed by atoms with Crippen LogP contribution >= 0.6 is 0 Å². The summed E-state index contributed by atoms with van der Waals surface area (Å²) in [4.78, 5) is 17.1. The fourth-order valence-electron chi connectivity index (χ4n) is 3.80. The summed E-state index contributed by atoms with van der Waals surface area (Å²) in [6.45, 7) is 1.87. The van der Waals surface area contributed by atoms with Gasteiger partial charge in [-0.25, -0.2) is 4.98 Å². The Kier molecular flexibility index (Phi) is 5.42. The molecule has 0 aliphatic carbocycles. The second-order valence-electron chi connectivity index (χ2n) is 7.72. The molecule has 0 spiro atoms. The van der Waals surface area contributed by atoms with E-state index in [0.29, 0.717) is 16.9 Å². The SMILES string of the molecule is Cc1onc(-c2ccccc2)c1-c1cn(-c2ccc(C(O)C(=O)c3ccccc3)cc2)cn1. The topological polar surface area (TPSA) is 81.1 Å². The van der Waals surface area contributed by atoms with Crippen LogP contribution in [0.15, 0.2) is 102 Å². The normalized spacial score (nSPS) is 11.9. The quantitative estimate of drug-likeness (QED) is 0.360. The van der Waals surface area contributed by atoms with Crippen molar-refractivity contribution in [1.82, 2.24) is 14.7 Å². The van der Waals surface area contributed by atoms with E-state index in [2.05, 4.69) is 10.1 Å². The van der Waals surface area contributed by atoms with Crippen LogP contribution in [0.1, 0.15) is 27.8 Å². The second-order valence-corrected chi connectivity index (χ2v) is 7.72. The Hall–Kier alpha value is -4.29. The lowest BCUT2D eigenvalue weighted by Gasteiger charge is -2.11. The summed E-state index contributed by atoms with van der Waals surface area (Å²) in [5.74, 6) is 0.363. The monoisotopic (exact) mass is 435 g/mol. The highest BCUT2D eigenvalue weighted by atomic mass is 16.5. The number of carbonyl (C=O) groups is 1. The second kappa shape index (κ2) is 8.68. The summed E-state index contributed by atoms with van der Waals surface area (Å²) in [5, 5.41) is 14.7. The van der Waals surface area contributed by atoms with Gasteiger partial charge in [0.15, 0.2) is 5.78 Å². The third-order valence-corrected chi connectivity index (χ3v) is 5.56. The molecule has 2 heterocycles. The van der Waals surface area contributed by atoms with Gasteiger partial charge in [-0.2, -0.15) is 0 Å². The maximum absolute atomic E-state index is 12.5. The number of ketones is 1. The van der Waals surface area contributed by atoms with E-state index in [4.69, 9.17) is 4.52 Å². The van der Waals surface area contributed by atoms with Crippen molar-refractivity contribution in [2.24, 2.45) is 0 Å². The van der Waals surface area contributed by atoms with Gasteiger partial charge in [0.05, 0.1) is 17.6 Å². The number of aliphatic hydroxyl groups is 1. The molecule has 0 aliphatic rings. The van der Waals surface area contributed by atoms with Gasteiger partial charge in [0.2, 0.25) is 0 Å². The van der Waals surface area contributed by atoms with Gasteiger partial charge >= 0.3 is 0 Å². The number of hydrogen-bond donors (Lipinski definition) is 1. The van der Waals surface area contributed by atoms with Crippen LogP contribution < -0.4 is 0 Å². The molecule has 5 aromatic rings. The first kappa shape index (κ1) is 20.6. The molecule has 1 unspecified atom stereocenters. The molecule has 2 aromatic heterocycles. The number of aliphatic hydroxyl groups excluding tert-OH is 1. The largest absolute Gasteiger partial charge is 0.380 e. The predicted molar refractivity (Wildman–Crippen MR) is 125 cm³/mol. The highest BCUT2D eigenvalue weighted by Crippen LogP contribution is 2.33. The lowest BCUT2D eigenvalue weighted by atomic mass is 10.00. The van der Waals surface area contributed by atoms with Crippen LogP contribution in [0.4, 0.5) is 0 Å². The lowest BCUT2D eigenvalue weighted by Crippen LogP contribution is -2.12. The molecule has 0 aliphatic heterocycles. The molecule has 0 saturated heterocycles. The van der Waals surface area contributed by atoms with Crippen LogP contribution in [0, 0.1) is 6.92 Å². The number of aromatic nitrogens is 3. The number of rotatable bonds is 6. The molecule has 0 amide bonds. The molecule has 0 saturated carbocycles. The molecule has 1 atom stereocenters. The maximum Gasteiger partial charge on any atom is 0.195 e. The number of carbonyl (C=O) groups excluding carboxylic acids is 1. The maximum atomic E-state index is 12.5. The number of aryl methyl sites for hydroxylation is 1. The summed E-state index contributed by atoms with van der Waals surface area (Å²) in [7, 11) is 0. The van der Waals surface area contributed by atoms with Gasteiger partial charge in [-0.15, -0.1) is 0 Å². The zero-order valence-electron chi connectivity index (χ0n) is 17.9. The van der Waals surface area contributed by atoms with Crippen molar-refractivity contribution in [3.8, 4) is 28.2 Å². The van der Waals surface area contributed by atoms with E-state index in [9.17, 15) is 9.90 Å². The molecular weight excluding hydrogens is 414 g/mol. The van der Waals surface area contributed by atoms with Crippen LogP contribution in [0.5, 0.6) is 0 Å². The first-order valence-corrected chi connectivity index (χ1v) is 10.6. The zero-order valence-corrected chi connectivity index (χ0v) is 17.9. The van der Waals surface area contributed by atoms with E-state index in [1.807, 2.05) is 66.2 Å². The molecule has 1 N–H and O–H groups in total. The Morgan fingerprint density at radius 3 is 2.30 bits per heavy atom. The number of benzene rings is 3. The molecule has 0 bridgehead atoms. The molecule has 5 rings (SSSR count). The fraction of sp³-hybridized carbons (Fsp3) is 0.0741. The highest BCUT2D eigenvalue weighted by molar-refractivity contribution is 5.99. The van der Waals surface area contributed by atoms with E-state index in [0.717, 1.165) is 28.2 Å². The van der Waals surface area contributed by atoms with Crippen molar-refractivity contribution in [2.75, 3.05) is 0 Å². The highest BCUT2D eigenvalue weighted by Gasteiger charge is 2.20. The Labute approximate surface area is 190 Å². The minimum atomic E-state index is -1.21. The van der Waals surface area contributed by atoms with E-state index >= 15 is 0 Å². The molecular formula is C27H21N3O3. The number of imidazole rings is 1. The molecule has 0 radical (unpaired) electrons. The summed E-state index contributed by atoms with van der Waals surface area (Å²) >= 11 is 0. The Morgan fingerprint density at radius 2 is 1.61 bits per heavy atom. The van der Waals surface area contributed by atoms with Crippen LogP contribution in [0.2, 0.25) is 0 Å². The van der Waals surface area contributed by atoms with Crippen molar-refractivity contribution in [3.63, 3.8) is 0 Å². The predicted octanol–water partition coefficient (Wildman–Crippen LogP) is 5.42. The van der Waals surface area contributed by atoms with Gasteiger partial charge < -0.3 is 14.2 Å². The average Bonchev–Trinajstić information content (AvgIpc) is 3.51. The summed E-state index contributed by atoms with van der Waals surface area (Å²) < 4.78 is 7.34. The number of nitrogens with zero attached hydrogens (tertiary/aromatic N) is 3. The number of hydrogen-bond acceptors (Lipinski definition) is 5. The third kappa shape index (κ3) is 4.00. The van der Waals surface area contributed by atoms with E-state index in [1.165, 1.54) is 0 Å². The van der Waals surface area contributed by atoms with Crippen molar-refractivity contribution in [2.45, 2.75) is 13.0 Å². The van der Waals surface area contributed by atoms with Gasteiger partial charge in [-0.3, -0.25) is 4.79 Å². The fourth-order valence-corrected chi connectivity index (χ4v) is 3.80. The minimum Gasteiger partial charge on any atom is -0.380 e. The Morgan fingerprint density at radius 1 is 0.939 bits per heavy atom. The van der Waals surface area contributed by atoms with Crippen LogP contribution in [0.3, 0.4) is 0 Å². The molecule has 6 nitrogen and oxygen atoms in total. The number of Topliss-reactive ketones (excluding diaryl/α,β-unsaturated/α-hetero) is 1. The molecule has 3 aromatic carbocycles. The molecule has 33 heavy (non-hydrogen) atoms. The van der Waals surface area contributed by atoms with E-state index < -0.39 is 6.10 Å². The van der Waals surface area contributed by atoms with E-state index in [-0.39, 0.29) is 5.78 Å². The van der Waals surface area contributed by atoms with Crippen LogP contribution in [0.25, 0.3) is 28.2 Å². The molecule has 0 fully saturated rings. The van der Waals surface area contributed by atoms with Crippen LogP contribution in [-0.4, -0.2) is 25.6 Å². The molecule has 162 valence electrons. The van der Waals surface area contributed by atoms with Crippen LogP contribution in [-0.2, 0) is 0 Å². The molecule has 6 heteroatoms. The van der Waals surface area contributed by atoms with Gasteiger partial charge in [0.1, 0.15) is 17.6 Å². The summed E-state index contributed by atoms with van der Waals surface area (Å²) in [6, 6.07) is 25.8. The summed E-state index contributed by atoms with van der Waals surface area (Å²) in [5.41, 5.74) is 5.17. The van der Waals surface area contributed by atoms with E-state index in [1.54, 1.807) is 42.7 Å². The Balaban J connectivity index is 1.41. The van der Waals surface area contributed by atoms with Crippen molar-refractivity contribution in [3.05, 3.63) is 114 Å². The zero-order chi connectivity index (χ0) is 22.8. The van der Waals surface area contributed by atoms with Crippen molar-refractivity contribution < 1.29 is 14.4 Å². The minimum absolute atomic E-state index is 0.329. The third-order valence-electron chi connectivity index (χ3n) is 5.56. The van der Waals surface area contributed by atoms with Crippen molar-refractivity contribution in [1.29, 1.82) is 0 Å². The Bertz CT molecular complexity index is 1390. The summed E-state index contributed by atoms with van der Waals surface area (Å²) in [6.07, 6.45) is 2.41. The first-order chi connectivity index (χ1) is 16.1. The standard InChI is InChI=1S/C27H21N3O3/c1-18-24(25(29-33-18)19-8-4-2-5-9-19)23-16-30(17-28-23)22-14-12-21(13-15-22)27(32)26(31)20-10-6-3-7-11-20/h2-17,27,32H,1H3. The van der Waals surface area contributed by atoms with Gasteiger partial charge in [-0.1, -0.05) is 78.0 Å². The smallest absolute Gasteiger partial charge is 0.195 e. The van der Waals surface area contributed by atoms with Crippen molar-refractivity contribution >= 4 is 5.78 Å². The van der Waals surface area contributed by atoms with Gasteiger partial charge in [0, 0.05) is 23.0 Å².